The van der Waals surface area contributed by atoms with Crippen LogP contribution < -0.4 is 5.32 Å². The SMILES string of the molecule is CCCCCCCCC/C=C/CC/C=C/CCCC(O)C(O)C(CO)NC(=O)C(O)CCCCCCCCCCCCCCCC/C=C\C/C=C\CCCCCCCCCCC. The van der Waals surface area contributed by atoms with Crippen molar-refractivity contribution in [2.24, 2.45) is 0 Å². The number of rotatable bonds is 49. The van der Waals surface area contributed by atoms with Gasteiger partial charge >= 0.3 is 0 Å². The molecule has 0 saturated heterocycles. The van der Waals surface area contributed by atoms with Crippen molar-refractivity contribution in [2.45, 2.75) is 295 Å². The number of aliphatic hydroxyl groups is 4. The summed E-state index contributed by atoms with van der Waals surface area (Å²) in [6.45, 7) is 4.04. The molecule has 6 nitrogen and oxygen atoms in total. The lowest BCUT2D eigenvalue weighted by molar-refractivity contribution is -0.132. The zero-order chi connectivity index (χ0) is 45.2. The first-order chi connectivity index (χ1) is 30.5. The molecule has 0 bridgehead atoms. The third-order valence-corrected chi connectivity index (χ3v) is 12.5. The molecule has 6 heteroatoms. The fraction of sp³-hybridized carbons (Fsp3) is 0.839. The number of hydrogen-bond donors (Lipinski definition) is 5. The van der Waals surface area contributed by atoms with E-state index in [0.717, 1.165) is 44.9 Å². The number of aliphatic hydroxyl groups excluding tert-OH is 4. The Kier molecular flexibility index (Phi) is 48.9. The van der Waals surface area contributed by atoms with E-state index in [4.69, 9.17) is 0 Å². The molecule has 0 aliphatic rings. The van der Waals surface area contributed by atoms with Crippen molar-refractivity contribution >= 4 is 5.91 Å². The highest BCUT2D eigenvalue weighted by molar-refractivity contribution is 5.80. The normalized spacial score (nSPS) is 14.2. The first kappa shape index (κ1) is 60.3. The maximum Gasteiger partial charge on any atom is 0.249 e. The van der Waals surface area contributed by atoms with E-state index in [1.807, 2.05) is 0 Å². The average molecular weight is 872 g/mol. The Morgan fingerprint density at radius 1 is 0.403 bits per heavy atom. The molecule has 364 valence electrons. The van der Waals surface area contributed by atoms with Gasteiger partial charge in [-0.3, -0.25) is 4.79 Å². The quantitative estimate of drug-likeness (QED) is 0.0309. The standard InChI is InChI=1S/C56H105NO5/c1-3-5-7-9-11-13-15-17-19-21-22-23-24-25-26-27-28-29-30-31-32-33-34-36-38-40-42-44-46-48-50-54(60)56(62)57-52(51-58)55(61)53(59)49-47-45-43-41-39-37-35-20-18-16-14-12-10-8-6-4-2/h20,22-23,25-26,35,41,43,52-55,58-61H,3-19,21,24,27-34,36-40,42,44-51H2,1-2H3,(H,57,62)/b23-22-,26-25-,35-20+,43-41+. The monoisotopic (exact) mass is 872 g/mol. The second kappa shape index (κ2) is 50.3. The second-order valence-corrected chi connectivity index (χ2v) is 18.6. The number of hydrogen-bond acceptors (Lipinski definition) is 5. The van der Waals surface area contributed by atoms with Crippen molar-refractivity contribution in [1.82, 2.24) is 5.32 Å². The van der Waals surface area contributed by atoms with E-state index in [2.05, 4.69) is 67.8 Å². The van der Waals surface area contributed by atoms with Crippen LogP contribution in [0.2, 0.25) is 0 Å². The van der Waals surface area contributed by atoms with Crippen molar-refractivity contribution in [3.05, 3.63) is 48.6 Å². The number of amides is 1. The van der Waals surface area contributed by atoms with Crippen LogP contribution >= 0.6 is 0 Å². The summed E-state index contributed by atoms with van der Waals surface area (Å²) in [7, 11) is 0. The van der Waals surface area contributed by atoms with Gasteiger partial charge in [-0.2, -0.15) is 0 Å². The lowest BCUT2D eigenvalue weighted by Gasteiger charge is -2.27. The highest BCUT2D eigenvalue weighted by Gasteiger charge is 2.28. The summed E-state index contributed by atoms with van der Waals surface area (Å²) in [4.78, 5) is 12.6. The van der Waals surface area contributed by atoms with Crippen LogP contribution in [-0.2, 0) is 4.79 Å². The summed E-state index contributed by atoms with van der Waals surface area (Å²) < 4.78 is 0. The molecule has 5 N–H and O–H groups in total. The topological polar surface area (TPSA) is 110 Å². The number of carbonyl (C=O) groups is 1. The molecule has 0 heterocycles. The molecule has 0 aromatic carbocycles. The third kappa shape index (κ3) is 43.5. The molecule has 1 amide bonds. The minimum absolute atomic E-state index is 0.359. The Hall–Kier alpha value is -1.73. The summed E-state index contributed by atoms with van der Waals surface area (Å²) in [6, 6.07) is -1.01. The number of carbonyl (C=O) groups excluding carboxylic acids is 1. The molecular weight excluding hydrogens is 767 g/mol. The molecule has 0 aliphatic carbocycles. The fourth-order valence-electron chi connectivity index (χ4n) is 8.22. The lowest BCUT2D eigenvalue weighted by Crippen LogP contribution is -2.53. The first-order valence-corrected chi connectivity index (χ1v) is 27.0. The molecule has 0 saturated carbocycles. The van der Waals surface area contributed by atoms with Gasteiger partial charge in [0.2, 0.25) is 5.91 Å². The maximum atomic E-state index is 12.6. The van der Waals surface area contributed by atoms with Crippen LogP contribution in [0.1, 0.15) is 271 Å². The van der Waals surface area contributed by atoms with E-state index in [9.17, 15) is 25.2 Å². The average Bonchev–Trinajstić information content (AvgIpc) is 3.28. The molecule has 0 spiro atoms. The van der Waals surface area contributed by atoms with Crippen LogP contribution in [0, 0.1) is 0 Å². The summed E-state index contributed by atoms with van der Waals surface area (Å²) >= 11 is 0. The van der Waals surface area contributed by atoms with Gasteiger partial charge in [0.1, 0.15) is 12.2 Å². The van der Waals surface area contributed by atoms with Crippen LogP contribution in [-0.4, -0.2) is 57.3 Å². The Morgan fingerprint density at radius 2 is 0.726 bits per heavy atom. The predicted molar refractivity (Wildman–Crippen MR) is 270 cm³/mol. The van der Waals surface area contributed by atoms with E-state index in [1.54, 1.807) is 0 Å². The van der Waals surface area contributed by atoms with Gasteiger partial charge < -0.3 is 25.7 Å². The van der Waals surface area contributed by atoms with Crippen LogP contribution in [0.5, 0.6) is 0 Å². The summed E-state index contributed by atoms with van der Waals surface area (Å²) in [5.74, 6) is -0.597. The van der Waals surface area contributed by atoms with E-state index >= 15 is 0 Å². The smallest absolute Gasteiger partial charge is 0.249 e. The Morgan fingerprint density at radius 3 is 1.11 bits per heavy atom. The Balaban J connectivity index is 3.66. The number of allylic oxidation sites excluding steroid dienone is 8. The predicted octanol–water partition coefficient (Wildman–Crippen LogP) is 15.4. The highest BCUT2D eigenvalue weighted by atomic mass is 16.3. The minimum Gasteiger partial charge on any atom is -0.394 e. The van der Waals surface area contributed by atoms with Crippen molar-refractivity contribution in [3.63, 3.8) is 0 Å². The fourth-order valence-corrected chi connectivity index (χ4v) is 8.22. The van der Waals surface area contributed by atoms with Crippen LogP contribution in [0.15, 0.2) is 48.6 Å². The largest absolute Gasteiger partial charge is 0.394 e. The third-order valence-electron chi connectivity index (χ3n) is 12.5. The molecule has 0 aromatic heterocycles. The first-order valence-electron chi connectivity index (χ1n) is 27.0. The maximum absolute atomic E-state index is 12.6. The van der Waals surface area contributed by atoms with Gasteiger partial charge in [0.15, 0.2) is 0 Å². The molecular formula is C56H105NO5. The minimum atomic E-state index is -1.29. The number of unbranched alkanes of at least 4 members (excludes halogenated alkanes) is 32. The molecule has 4 unspecified atom stereocenters. The zero-order valence-electron chi connectivity index (χ0n) is 41.1. The van der Waals surface area contributed by atoms with Crippen molar-refractivity contribution in [1.29, 1.82) is 0 Å². The van der Waals surface area contributed by atoms with Crippen molar-refractivity contribution < 1.29 is 25.2 Å². The van der Waals surface area contributed by atoms with Gasteiger partial charge in [-0.05, 0) is 83.5 Å². The van der Waals surface area contributed by atoms with Gasteiger partial charge in [0, 0.05) is 0 Å². The van der Waals surface area contributed by atoms with E-state index in [0.29, 0.717) is 19.3 Å². The van der Waals surface area contributed by atoms with Crippen molar-refractivity contribution in [2.75, 3.05) is 6.61 Å². The molecule has 0 rings (SSSR count). The van der Waals surface area contributed by atoms with E-state index < -0.39 is 36.9 Å². The second-order valence-electron chi connectivity index (χ2n) is 18.6. The highest BCUT2D eigenvalue weighted by Crippen LogP contribution is 2.16. The van der Waals surface area contributed by atoms with Crippen LogP contribution in [0.4, 0.5) is 0 Å². The van der Waals surface area contributed by atoms with Crippen LogP contribution in [0.3, 0.4) is 0 Å². The zero-order valence-corrected chi connectivity index (χ0v) is 41.1. The molecule has 0 aliphatic heterocycles. The summed E-state index contributed by atoms with van der Waals surface area (Å²) in [5.41, 5.74) is 0. The molecule has 4 atom stereocenters. The van der Waals surface area contributed by atoms with Crippen molar-refractivity contribution in [3.8, 4) is 0 Å². The Bertz CT molecular complexity index is 1020. The Labute approximate surface area is 385 Å². The van der Waals surface area contributed by atoms with Gasteiger partial charge in [0.05, 0.1) is 18.8 Å². The van der Waals surface area contributed by atoms with Gasteiger partial charge in [-0.15, -0.1) is 0 Å². The van der Waals surface area contributed by atoms with Crippen LogP contribution in [0.25, 0.3) is 0 Å². The van der Waals surface area contributed by atoms with Gasteiger partial charge in [-0.1, -0.05) is 236 Å². The molecule has 0 fully saturated rings. The van der Waals surface area contributed by atoms with E-state index in [-0.39, 0.29) is 0 Å². The molecule has 0 aromatic rings. The van der Waals surface area contributed by atoms with Gasteiger partial charge in [0.25, 0.3) is 0 Å². The number of nitrogens with one attached hydrogen (secondary N) is 1. The summed E-state index contributed by atoms with van der Waals surface area (Å²) in [6.07, 6.45) is 63.2. The lowest BCUT2D eigenvalue weighted by atomic mass is 10.00. The molecule has 62 heavy (non-hydrogen) atoms. The van der Waals surface area contributed by atoms with E-state index in [1.165, 1.54) is 193 Å². The summed E-state index contributed by atoms with van der Waals surface area (Å²) in [5, 5.41) is 43.8. The van der Waals surface area contributed by atoms with Gasteiger partial charge in [-0.25, -0.2) is 0 Å². The molecule has 0 radical (unpaired) electrons.